The number of hydrogen-bond donors (Lipinski definition) is 1. The van der Waals surface area contributed by atoms with Crippen LogP contribution in [0.25, 0.3) is 6.08 Å². The van der Waals surface area contributed by atoms with Crippen LogP contribution < -0.4 is 10.2 Å². The zero-order chi connectivity index (χ0) is 25.9. The molecule has 1 atom stereocenters. The highest BCUT2D eigenvalue weighted by molar-refractivity contribution is 6.31. The zero-order valence-corrected chi connectivity index (χ0v) is 20.4. The summed E-state index contributed by atoms with van der Waals surface area (Å²) in [5.41, 5.74) is 0.525. The number of anilines is 1. The Hall–Kier alpha value is -4.02. The van der Waals surface area contributed by atoms with Crippen molar-refractivity contribution < 1.29 is 28.8 Å². The molecule has 0 radical (unpaired) electrons. The van der Waals surface area contributed by atoms with Crippen LogP contribution >= 0.6 is 0 Å². The van der Waals surface area contributed by atoms with Gasteiger partial charge in [-0.15, -0.1) is 0 Å². The molecule has 4 aliphatic heterocycles. The number of carbonyl (C=O) groups excluding carboxylic acids is 6. The number of barbiturate groups is 2. The van der Waals surface area contributed by atoms with Crippen LogP contribution in [0.4, 0.5) is 15.3 Å². The third-order valence-corrected chi connectivity index (χ3v) is 7.59. The van der Waals surface area contributed by atoms with Gasteiger partial charge in [-0.05, 0) is 55.0 Å². The number of nitrogens with one attached hydrogen (secondary N) is 1. The molecule has 1 spiro atoms. The van der Waals surface area contributed by atoms with E-state index < -0.39 is 41.1 Å². The summed E-state index contributed by atoms with van der Waals surface area (Å²) in [6.07, 6.45) is 3.51. The molecule has 0 bridgehead atoms. The molecule has 11 heteroatoms. The highest BCUT2D eigenvalue weighted by atomic mass is 16.2. The van der Waals surface area contributed by atoms with E-state index in [1.807, 2.05) is 13.0 Å². The number of amides is 8. The van der Waals surface area contributed by atoms with E-state index in [0.717, 1.165) is 26.8 Å². The lowest BCUT2D eigenvalue weighted by Gasteiger charge is -2.50. The Morgan fingerprint density at radius 3 is 2.42 bits per heavy atom. The van der Waals surface area contributed by atoms with Gasteiger partial charge in [-0.25, -0.2) is 9.59 Å². The maximum Gasteiger partial charge on any atom is 0.332 e. The van der Waals surface area contributed by atoms with E-state index in [-0.39, 0.29) is 24.6 Å². The number of rotatable bonds is 3. The van der Waals surface area contributed by atoms with Crippen LogP contribution in [0.1, 0.15) is 37.3 Å². The van der Waals surface area contributed by atoms with Crippen LogP contribution in [-0.2, 0) is 25.6 Å². The van der Waals surface area contributed by atoms with Crippen molar-refractivity contribution in [3.63, 3.8) is 0 Å². The van der Waals surface area contributed by atoms with Crippen molar-refractivity contribution in [3.05, 3.63) is 34.9 Å². The lowest BCUT2D eigenvalue weighted by atomic mass is 9.68. The predicted octanol–water partition coefficient (Wildman–Crippen LogP) is 1.12. The molecule has 1 aromatic rings. The zero-order valence-electron chi connectivity index (χ0n) is 20.4. The van der Waals surface area contributed by atoms with E-state index in [0.29, 0.717) is 30.5 Å². The summed E-state index contributed by atoms with van der Waals surface area (Å²) < 4.78 is 0. The van der Waals surface area contributed by atoms with Gasteiger partial charge in [0.05, 0.1) is 6.04 Å². The Morgan fingerprint density at radius 1 is 1.06 bits per heavy atom. The molecule has 4 aliphatic rings. The van der Waals surface area contributed by atoms with Crippen LogP contribution in [0, 0.1) is 5.41 Å². The average molecular weight is 494 g/mol. The molecule has 1 aromatic carbocycles. The van der Waals surface area contributed by atoms with Gasteiger partial charge in [0.1, 0.15) is 5.57 Å². The van der Waals surface area contributed by atoms with Gasteiger partial charge in [-0.3, -0.25) is 39.2 Å². The maximum absolute atomic E-state index is 13.5. The van der Waals surface area contributed by atoms with E-state index in [4.69, 9.17) is 0 Å². The van der Waals surface area contributed by atoms with Gasteiger partial charge in [-0.2, -0.15) is 0 Å². The minimum Gasteiger partial charge on any atom is -0.367 e. The third kappa shape index (κ3) is 3.18. The first-order valence-electron chi connectivity index (χ1n) is 12.0. The van der Waals surface area contributed by atoms with Gasteiger partial charge in [0, 0.05) is 32.9 Å². The third-order valence-electron chi connectivity index (χ3n) is 7.59. The van der Waals surface area contributed by atoms with Gasteiger partial charge in [0.15, 0.2) is 5.41 Å². The summed E-state index contributed by atoms with van der Waals surface area (Å²) >= 11 is 0. The van der Waals surface area contributed by atoms with Gasteiger partial charge in [0.25, 0.3) is 11.8 Å². The lowest BCUT2D eigenvalue weighted by molar-refractivity contribution is -0.159. The Labute approximate surface area is 207 Å². The molecule has 188 valence electrons. The van der Waals surface area contributed by atoms with Crippen LogP contribution in [0.3, 0.4) is 0 Å². The number of nitrogens with zero attached hydrogens (tertiary/aromatic N) is 4. The molecule has 36 heavy (non-hydrogen) atoms. The average Bonchev–Trinajstić information content (AvgIpc) is 3.36. The fourth-order valence-electron chi connectivity index (χ4n) is 5.92. The number of fused-ring (bicyclic) bond motifs is 4. The number of benzene rings is 1. The molecule has 4 heterocycles. The Balaban J connectivity index is 1.57. The molecular weight excluding hydrogens is 466 g/mol. The quantitative estimate of drug-likeness (QED) is 0.380. The van der Waals surface area contributed by atoms with Crippen molar-refractivity contribution in [3.8, 4) is 0 Å². The summed E-state index contributed by atoms with van der Waals surface area (Å²) in [5.74, 6) is -2.47. The van der Waals surface area contributed by atoms with Crippen molar-refractivity contribution >= 4 is 47.5 Å². The summed E-state index contributed by atoms with van der Waals surface area (Å²) in [6, 6.07) is 3.63. The molecule has 1 N–H and O–H groups in total. The van der Waals surface area contributed by atoms with E-state index in [1.165, 1.54) is 20.2 Å². The second-order valence-corrected chi connectivity index (χ2v) is 9.67. The molecule has 1 unspecified atom stereocenters. The molecule has 0 saturated carbocycles. The summed E-state index contributed by atoms with van der Waals surface area (Å²) in [6.45, 7) is 2.67. The number of urea groups is 2. The Kier molecular flexibility index (Phi) is 5.46. The van der Waals surface area contributed by atoms with Crippen LogP contribution in [-0.4, -0.2) is 83.6 Å². The smallest absolute Gasteiger partial charge is 0.332 e. The minimum absolute atomic E-state index is 0.0979. The van der Waals surface area contributed by atoms with Crippen molar-refractivity contribution in [2.45, 2.75) is 38.6 Å². The van der Waals surface area contributed by atoms with E-state index in [1.54, 1.807) is 12.1 Å². The molecule has 0 aromatic heterocycles. The molecule has 5 rings (SSSR count). The highest BCUT2D eigenvalue weighted by Crippen LogP contribution is 2.49. The standard InChI is InChI=1S/C25H27N5O6/c1-4-9-30-20(32)16(19(31)26-23(30)35)12-14-7-8-17-15(11-14)13-25(18-6-5-10-29(17)18)21(33)27(2)24(36)28(3)22(25)34/h7-8,11-12,18H,4-6,9-10,13H2,1-3H3,(H,26,31,35). The van der Waals surface area contributed by atoms with Crippen molar-refractivity contribution in [1.82, 2.24) is 20.0 Å². The van der Waals surface area contributed by atoms with Gasteiger partial charge in [0.2, 0.25) is 11.8 Å². The molecule has 11 nitrogen and oxygen atoms in total. The number of imide groups is 4. The van der Waals surface area contributed by atoms with Crippen LogP contribution in [0.2, 0.25) is 0 Å². The van der Waals surface area contributed by atoms with Gasteiger partial charge in [-0.1, -0.05) is 13.0 Å². The van der Waals surface area contributed by atoms with E-state index in [9.17, 15) is 28.8 Å². The first kappa shape index (κ1) is 23.7. The fraction of sp³-hybridized carbons (Fsp3) is 0.440. The number of carbonyl (C=O) groups is 6. The SMILES string of the molecule is CCCN1C(=O)NC(=O)C(=Cc2ccc3c(c2)CC2(C(=O)N(C)C(=O)N(C)C2=O)C2CCCN32)C1=O. The summed E-state index contributed by atoms with van der Waals surface area (Å²) in [5, 5.41) is 2.20. The number of hydrogen-bond acceptors (Lipinski definition) is 7. The molecule has 0 aliphatic carbocycles. The maximum atomic E-state index is 13.5. The Bertz CT molecular complexity index is 1250. The summed E-state index contributed by atoms with van der Waals surface area (Å²) in [7, 11) is 2.78. The monoisotopic (exact) mass is 493 g/mol. The van der Waals surface area contributed by atoms with E-state index in [2.05, 4.69) is 10.2 Å². The fourth-order valence-corrected chi connectivity index (χ4v) is 5.92. The predicted molar refractivity (Wildman–Crippen MR) is 127 cm³/mol. The largest absolute Gasteiger partial charge is 0.367 e. The van der Waals surface area contributed by atoms with Crippen LogP contribution in [0.15, 0.2) is 23.8 Å². The normalized spacial score (nSPS) is 24.6. The second kappa shape index (κ2) is 8.28. The molecule has 8 amide bonds. The minimum atomic E-state index is -1.44. The topological polar surface area (TPSA) is 127 Å². The van der Waals surface area contributed by atoms with Crippen LogP contribution in [0.5, 0.6) is 0 Å². The lowest BCUT2D eigenvalue weighted by Crippen LogP contribution is -2.70. The molecule has 3 fully saturated rings. The molecule has 3 saturated heterocycles. The van der Waals surface area contributed by atoms with Crippen molar-refractivity contribution in [2.24, 2.45) is 5.41 Å². The highest BCUT2D eigenvalue weighted by Gasteiger charge is 2.63. The summed E-state index contributed by atoms with van der Waals surface area (Å²) in [4.78, 5) is 81.9. The first-order chi connectivity index (χ1) is 17.1. The molecular formula is C25H27N5O6. The van der Waals surface area contributed by atoms with Crippen molar-refractivity contribution in [2.75, 3.05) is 32.1 Å². The van der Waals surface area contributed by atoms with Crippen molar-refractivity contribution in [1.29, 1.82) is 0 Å². The van der Waals surface area contributed by atoms with Gasteiger partial charge >= 0.3 is 12.1 Å². The second-order valence-electron chi connectivity index (χ2n) is 9.67. The van der Waals surface area contributed by atoms with E-state index >= 15 is 0 Å². The Morgan fingerprint density at radius 2 is 1.75 bits per heavy atom. The van der Waals surface area contributed by atoms with Gasteiger partial charge < -0.3 is 4.90 Å². The first-order valence-corrected chi connectivity index (χ1v) is 12.0.